The SMILES string of the molecule is [B]c1cc(N(CC(F)F)c2nc(=N)n(C(C)=N)c3cccc(F)c23)ccn1. The summed E-state index contributed by atoms with van der Waals surface area (Å²) in [4.78, 5) is 8.95. The number of nitrogens with zero attached hydrogens (tertiary/aromatic N) is 4. The first-order valence-electron chi connectivity index (χ1n) is 7.88. The highest BCUT2D eigenvalue weighted by molar-refractivity contribution is 6.30. The molecule has 2 aromatic heterocycles. The van der Waals surface area contributed by atoms with Gasteiger partial charge in [-0.05, 0) is 36.8 Å². The molecular formula is C17H14BF3N6. The number of benzene rings is 1. The van der Waals surface area contributed by atoms with Crippen LogP contribution in [-0.2, 0) is 0 Å². The van der Waals surface area contributed by atoms with E-state index in [0.717, 1.165) is 9.47 Å². The van der Waals surface area contributed by atoms with E-state index >= 15 is 0 Å². The van der Waals surface area contributed by atoms with Gasteiger partial charge in [-0.3, -0.25) is 20.4 Å². The molecule has 10 heteroatoms. The number of aromatic nitrogens is 3. The third kappa shape index (κ3) is 3.55. The van der Waals surface area contributed by atoms with Crippen LogP contribution in [0.1, 0.15) is 6.92 Å². The van der Waals surface area contributed by atoms with Crippen LogP contribution in [0, 0.1) is 16.6 Å². The van der Waals surface area contributed by atoms with E-state index < -0.39 is 18.8 Å². The number of halogens is 3. The summed E-state index contributed by atoms with van der Waals surface area (Å²) in [6.45, 7) is 0.636. The van der Waals surface area contributed by atoms with Gasteiger partial charge in [0.25, 0.3) is 6.43 Å². The van der Waals surface area contributed by atoms with Gasteiger partial charge in [0.15, 0.2) is 0 Å². The molecule has 0 atom stereocenters. The van der Waals surface area contributed by atoms with Gasteiger partial charge in [-0.2, -0.15) is 4.98 Å². The van der Waals surface area contributed by atoms with Crippen molar-refractivity contribution in [2.45, 2.75) is 13.3 Å². The Hall–Kier alpha value is -3.17. The van der Waals surface area contributed by atoms with Crippen molar-refractivity contribution in [2.75, 3.05) is 11.4 Å². The molecule has 0 spiro atoms. The summed E-state index contributed by atoms with van der Waals surface area (Å²) >= 11 is 0. The Kier molecular flexibility index (Phi) is 4.98. The molecule has 0 aliphatic rings. The van der Waals surface area contributed by atoms with Gasteiger partial charge in [-0.25, -0.2) is 13.2 Å². The van der Waals surface area contributed by atoms with Gasteiger partial charge >= 0.3 is 0 Å². The first-order chi connectivity index (χ1) is 12.8. The van der Waals surface area contributed by atoms with Crippen molar-refractivity contribution in [3.05, 3.63) is 48.0 Å². The van der Waals surface area contributed by atoms with Gasteiger partial charge in [0, 0.05) is 11.9 Å². The zero-order valence-corrected chi connectivity index (χ0v) is 14.2. The predicted molar refractivity (Wildman–Crippen MR) is 97.0 cm³/mol. The number of fused-ring (bicyclic) bond motifs is 1. The maximum Gasteiger partial charge on any atom is 0.256 e. The Morgan fingerprint density at radius 2 is 2.07 bits per heavy atom. The molecule has 3 aromatic rings. The minimum absolute atomic E-state index is 0.0526. The number of pyridine rings is 1. The van der Waals surface area contributed by atoms with Gasteiger partial charge < -0.3 is 4.90 Å². The Bertz CT molecular complexity index is 1080. The van der Waals surface area contributed by atoms with Gasteiger partial charge in [0.05, 0.1) is 17.4 Å². The van der Waals surface area contributed by atoms with E-state index in [1.165, 1.54) is 43.5 Å². The zero-order valence-electron chi connectivity index (χ0n) is 14.2. The lowest BCUT2D eigenvalue weighted by Gasteiger charge is -2.26. The van der Waals surface area contributed by atoms with Crippen molar-refractivity contribution in [2.24, 2.45) is 0 Å². The first-order valence-corrected chi connectivity index (χ1v) is 7.88. The number of anilines is 2. The lowest BCUT2D eigenvalue weighted by Crippen LogP contribution is -2.33. The molecule has 2 radical (unpaired) electrons. The Morgan fingerprint density at radius 1 is 1.33 bits per heavy atom. The Balaban J connectivity index is 2.38. The normalized spacial score (nSPS) is 11.1. The van der Waals surface area contributed by atoms with Crippen molar-refractivity contribution in [3.8, 4) is 0 Å². The van der Waals surface area contributed by atoms with Crippen molar-refractivity contribution in [3.63, 3.8) is 0 Å². The molecule has 2 N–H and O–H groups in total. The fourth-order valence-electron chi connectivity index (χ4n) is 2.83. The molecule has 136 valence electrons. The standard InChI is InChI=1S/C17H14BF3N6/c1-9(22)27-12-4-2-3-11(19)15(12)16(25-17(27)23)26(8-14(20)21)10-5-6-24-13(18)7-10/h2-7,14,22-23H,8H2,1H3. The Labute approximate surface area is 153 Å². The van der Waals surface area contributed by atoms with Crippen LogP contribution in [0.2, 0.25) is 0 Å². The molecule has 0 saturated heterocycles. The quantitative estimate of drug-likeness (QED) is 0.419. The lowest BCUT2D eigenvalue weighted by atomic mass is 10.0. The van der Waals surface area contributed by atoms with Crippen LogP contribution >= 0.6 is 0 Å². The van der Waals surface area contributed by atoms with Crippen molar-refractivity contribution in [1.82, 2.24) is 14.5 Å². The van der Waals surface area contributed by atoms with E-state index in [-0.39, 0.29) is 39.5 Å². The second-order valence-corrected chi connectivity index (χ2v) is 5.75. The number of hydrogen-bond donors (Lipinski definition) is 2. The molecule has 1 aromatic carbocycles. The van der Waals surface area contributed by atoms with E-state index in [4.69, 9.17) is 18.7 Å². The minimum atomic E-state index is -2.76. The highest BCUT2D eigenvalue weighted by atomic mass is 19.3. The van der Waals surface area contributed by atoms with E-state index in [9.17, 15) is 13.2 Å². The summed E-state index contributed by atoms with van der Waals surface area (Å²) in [6, 6.07) is 6.90. The molecule has 6 nitrogen and oxygen atoms in total. The summed E-state index contributed by atoms with van der Waals surface area (Å²) in [7, 11) is 5.65. The monoisotopic (exact) mass is 370 g/mol. The summed E-state index contributed by atoms with van der Waals surface area (Å²) in [5, 5.41) is 15.9. The van der Waals surface area contributed by atoms with Crippen LogP contribution in [-0.4, -0.2) is 41.2 Å². The van der Waals surface area contributed by atoms with Crippen LogP contribution in [0.5, 0.6) is 0 Å². The summed E-state index contributed by atoms with van der Waals surface area (Å²) in [5.74, 6) is -0.911. The maximum atomic E-state index is 14.7. The minimum Gasteiger partial charge on any atom is -0.320 e. The molecule has 2 heterocycles. The zero-order chi connectivity index (χ0) is 19.7. The van der Waals surface area contributed by atoms with Crippen LogP contribution in [0.15, 0.2) is 36.5 Å². The van der Waals surface area contributed by atoms with Crippen LogP contribution in [0.25, 0.3) is 10.9 Å². The molecule has 0 amide bonds. The van der Waals surface area contributed by atoms with Gasteiger partial charge in [0.2, 0.25) is 5.62 Å². The van der Waals surface area contributed by atoms with E-state index in [0.29, 0.717) is 0 Å². The molecule has 0 aliphatic carbocycles. The molecule has 0 bridgehead atoms. The second-order valence-electron chi connectivity index (χ2n) is 5.75. The summed E-state index contributed by atoms with van der Waals surface area (Å²) < 4.78 is 42.3. The highest BCUT2D eigenvalue weighted by Gasteiger charge is 2.23. The van der Waals surface area contributed by atoms with Crippen LogP contribution in [0.3, 0.4) is 0 Å². The van der Waals surface area contributed by atoms with Crippen molar-refractivity contribution >= 4 is 41.7 Å². The second kappa shape index (κ2) is 7.22. The van der Waals surface area contributed by atoms with Crippen molar-refractivity contribution < 1.29 is 13.2 Å². The summed E-state index contributed by atoms with van der Waals surface area (Å²) in [5.41, 5.74) is 0.142. The lowest BCUT2D eigenvalue weighted by molar-refractivity contribution is 0.157. The average Bonchev–Trinajstić information content (AvgIpc) is 2.58. The largest absolute Gasteiger partial charge is 0.320 e. The molecule has 0 unspecified atom stereocenters. The predicted octanol–water partition coefficient (Wildman–Crippen LogP) is 2.09. The smallest absolute Gasteiger partial charge is 0.256 e. The first kappa shape index (κ1) is 18.6. The summed E-state index contributed by atoms with van der Waals surface area (Å²) in [6.07, 6.45) is -1.41. The number of rotatable bonds is 4. The fourth-order valence-corrected chi connectivity index (χ4v) is 2.83. The molecule has 3 rings (SSSR count). The molecule has 0 saturated carbocycles. The van der Waals surface area contributed by atoms with Crippen LogP contribution in [0.4, 0.5) is 24.7 Å². The van der Waals surface area contributed by atoms with Gasteiger partial charge in [0.1, 0.15) is 25.3 Å². The molecule has 0 aliphatic heterocycles. The maximum absolute atomic E-state index is 14.7. The topological polar surface area (TPSA) is 81.7 Å². The average molecular weight is 370 g/mol. The van der Waals surface area contributed by atoms with Crippen molar-refractivity contribution in [1.29, 1.82) is 10.8 Å². The van der Waals surface area contributed by atoms with Gasteiger partial charge in [-0.15, -0.1) is 0 Å². The van der Waals surface area contributed by atoms with E-state index in [1.807, 2.05) is 0 Å². The number of nitrogens with one attached hydrogen (secondary N) is 2. The fraction of sp³-hybridized carbons (Fsp3) is 0.176. The van der Waals surface area contributed by atoms with Gasteiger partial charge in [-0.1, -0.05) is 6.07 Å². The Morgan fingerprint density at radius 3 is 2.70 bits per heavy atom. The van der Waals surface area contributed by atoms with Crippen LogP contribution < -0.4 is 16.1 Å². The molecular weight excluding hydrogens is 356 g/mol. The molecule has 27 heavy (non-hydrogen) atoms. The molecule has 0 fully saturated rings. The third-order valence-electron chi connectivity index (χ3n) is 3.87. The van der Waals surface area contributed by atoms with E-state index in [1.54, 1.807) is 0 Å². The number of alkyl halides is 2. The van der Waals surface area contributed by atoms with E-state index in [2.05, 4.69) is 9.97 Å². The third-order valence-corrected chi connectivity index (χ3v) is 3.87. The number of hydrogen-bond acceptors (Lipinski definition) is 5. The highest BCUT2D eigenvalue weighted by Crippen LogP contribution is 2.31.